The third-order valence-electron chi connectivity index (χ3n) is 11.5. The minimum Gasteiger partial charge on any atom is -0.320 e. The summed E-state index contributed by atoms with van der Waals surface area (Å²) in [5.41, 5.74) is 9.66. The van der Waals surface area contributed by atoms with Gasteiger partial charge in [0.2, 0.25) is 0 Å². The summed E-state index contributed by atoms with van der Waals surface area (Å²) in [6.45, 7) is 5.53. The van der Waals surface area contributed by atoms with Gasteiger partial charge in [-0.3, -0.25) is 59.0 Å². The second-order valence-corrected chi connectivity index (χ2v) is 17.2. The zero-order chi connectivity index (χ0) is 54.9. The van der Waals surface area contributed by atoms with Gasteiger partial charge in [0, 0.05) is 83.0 Å². The number of rotatable bonds is 8. The minimum absolute atomic E-state index is 0.185. The normalized spacial score (nSPS) is 10.4. The van der Waals surface area contributed by atoms with E-state index in [1.165, 1.54) is 31.0 Å². The van der Waals surface area contributed by atoms with Gasteiger partial charge in [-0.1, -0.05) is 60.7 Å². The smallest absolute Gasteiger partial charge is 0.275 e. The van der Waals surface area contributed by atoms with Crippen LogP contribution in [0.5, 0.6) is 0 Å². The Morgan fingerprint density at radius 2 is 0.747 bits per heavy atom. The molecule has 0 aliphatic carbocycles. The predicted octanol–water partition coefficient (Wildman–Crippen LogP) is 10.6. The van der Waals surface area contributed by atoms with E-state index in [0.717, 1.165) is 60.7 Å². The van der Waals surface area contributed by atoms with E-state index in [1.54, 1.807) is 49.4 Å². The second-order valence-electron chi connectivity index (χ2n) is 17.2. The highest BCUT2D eigenvalue weighted by molar-refractivity contribution is 6.10. The highest BCUT2D eigenvalue weighted by Crippen LogP contribution is 2.25. The van der Waals surface area contributed by atoms with Crippen molar-refractivity contribution in [3.8, 4) is 0 Å². The number of hydrogen-bond acceptors (Lipinski definition) is 15. The molecular weight excluding hydrogens is 995 g/mol. The Bertz CT molecular complexity index is 3750. The number of aromatic nitrogens is 11. The fraction of sp³-hybridized carbons (Fsp3) is 0.0500. The van der Waals surface area contributed by atoms with Crippen molar-refractivity contribution in [1.82, 2.24) is 54.8 Å². The summed E-state index contributed by atoms with van der Waals surface area (Å²) < 4.78 is 0. The average molecular weight is 1040 g/mol. The van der Waals surface area contributed by atoms with Crippen molar-refractivity contribution < 1.29 is 19.2 Å². The van der Waals surface area contributed by atoms with Crippen LogP contribution in [0.1, 0.15) is 58.9 Å². The van der Waals surface area contributed by atoms with E-state index in [4.69, 9.17) is 0 Å². The maximum atomic E-state index is 12.2. The van der Waals surface area contributed by atoms with E-state index in [9.17, 15) is 19.2 Å². The molecule has 0 bridgehead atoms. The van der Waals surface area contributed by atoms with Gasteiger partial charge < -0.3 is 21.3 Å². The van der Waals surface area contributed by atoms with E-state index in [1.807, 2.05) is 148 Å². The van der Waals surface area contributed by atoms with E-state index < -0.39 is 0 Å². The highest BCUT2D eigenvalue weighted by Gasteiger charge is 2.14. The summed E-state index contributed by atoms with van der Waals surface area (Å²) in [7, 11) is 0. The minimum atomic E-state index is -0.300. The molecule has 0 aliphatic heterocycles. The molecule has 79 heavy (non-hydrogen) atoms. The fourth-order valence-electron chi connectivity index (χ4n) is 7.62. The van der Waals surface area contributed by atoms with Crippen LogP contribution in [0.3, 0.4) is 0 Å². The van der Waals surface area contributed by atoms with Gasteiger partial charge in [-0.25, -0.2) is 15.0 Å². The Balaban J connectivity index is 0.000000128. The van der Waals surface area contributed by atoms with Crippen molar-refractivity contribution in [2.45, 2.75) is 20.8 Å². The van der Waals surface area contributed by atoms with Crippen molar-refractivity contribution in [2.75, 3.05) is 21.3 Å². The molecule has 0 saturated heterocycles. The molecule has 8 aromatic heterocycles. The Morgan fingerprint density at radius 3 is 1.22 bits per heavy atom. The lowest BCUT2D eigenvalue weighted by Crippen LogP contribution is -2.14. The van der Waals surface area contributed by atoms with Crippen molar-refractivity contribution >= 4 is 90.0 Å². The molecule has 0 unspecified atom stereocenters. The van der Waals surface area contributed by atoms with Crippen molar-refractivity contribution in [3.63, 3.8) is 0 Å². The van der Waals surface area contributed by atoms with Gasteiger partial charge in [0.15, 0.2) is 0 Å². The number of hydrogen-bond donors (Lipinski definition) is 4. The zero-order valence-electron chi connectivity index (χ0n) is 42.7. The number of amides is 4. The second kappa shape index (κ2) is 25.3. The monoisotopic (exact) mass is 1040 g/mol. The van der Waals surface area contributed by atoms with Crippen molar-refractivity contribution in [3.05, 3.63) is 248 Å². The van der Waals surface area contributed by atoms with Crippen molar-refractivity contribution in [1.29, 1.82) is 0 Å². The maximum Gasteiger partial charge on any atom is 0.275 e. The van der Waals surface area contributed by atoms with Gasteiger partial charge in [-0.05, 0) is 93.6 Å². The van der Waals surface area contributed by atoms with Gasteiger partial charge in [0.1, 0.15) is 17.1 Å². The topological polar surface area (TPSA) is 258 Å². The molecule has 4 N–H and O–H groups in total. The summed E-state index contributed by atoms with van der Waals surface area (Å²) in [6.07, 6.45) is 18.9. The van der Waals surface area contributed by atoms with E-state index >= 15 is 0 Å². The number of carbonyl (C=O) groups is 4. The summed E-state index contributed by atoms with van der Waals surface area (Å²) in [5, 5.41) is 15.2. The first-order chi connectivity index (χ1) is 38.6. The average Bonchev–Trinajstić information content (AvgIpc) is 3.50. The molecule has 4 amide bonds. The van der Waals surface area contributed by atoms with Crippen LogP contribution < -0.4 is 21.3 Å². The number of nitrogens with zero attached hydrogens (tertiary/aromatic N) is 11. The van der Waals surface area contributed by atoms with Crippen LogP contribution >= 0.6 is 0 Å². The lowest BCUT2D eigenvalue weighted by Gasteiger charge is -2.07. The van der Waals surface area contributed by atoms with Gasteiger partial charge in [-0.15, -0.1) is 0 Å². The Kier molecular flexibility index (Phi) is 16.9. The Labute approximate surface area is 451 Å². The van der Waals surface area contributed by atoms with Gasteiger partial charge in [0.25, 0.3) is 23.6 Å². The predicted molar refractivity (Wildman–Crippen MR) is 303 cm³/mol. The van der Waals surface area contributed by atoms with Crippen LogP contribution in [0.2, 0.25) is 0 Å². The fourth-order valence-corrected chi connectivity index (χ4v) is 7.62. The number of carbonyl (C=O) groups excluding carboxylic acids is 4. The van der Waals surface area contributed by atoms with Crippen molar-refractivity contribution in [2.24, 2.45) is 0 Å². The van der Waals surface area contributed by atoms with Gasteiger partial charge in [0.05, 0.1) is 80.4 Å². The first-order valence-electron chi connectivity index (χ1n) is 24.4. The van der Waals surface area contributed by atoms with Crippen LogP contribution in [0.15, 0.2) is 208 Å². The lowest BCUT2D eigenvalue weighted by atomic mass is 10.2. The lowest BCUT2D eigenvalue weighted by molar-refractivity contribution is 0.101. The molecule has 0 atom stereocenters. The summed E-state index contributed by atoms with van der Waals surface area (Å²) in [4.78, 5) is 93.8. The van der Waals surface area contributed by atoms with E-state index in [-0.39, 0.29) is 40.7 Å². The third kappa shape index (κ3) is 13.8. The molecule has 12 rings (SSSR count). The standard InChI is InChI=1S/C16H13N3O.2C15H12N4O.C14H10N4O/c1-11-7-8-13(10-18-11)16(20)19-14-6-2-4-12-5-3-9-17-15(12)14;1-10-8-18-14(9-17-10)15(20)19-13-6-2-5-12-11(13)4-3-7-16-12;1-10-8-18-13(9-17-10)15(20)19-12-6-2-4-11-5-3-7-16-14(11)12;19-14(12-9-15-7-8-16-12)18-11-5-1-3-10-4-2-6-17-13(10)11/h2-10H,1H3,(H,19,20);2*2-9H,1H3,(H,19,20);1-9H,(H,18,19). The molecule has 19 heteroatoms. The van der Waals surface area contributed by atoms with Crippen LogP contribution in [0.25, 0.3) is 43.6 Å². The molecule has 12 aromatic rings. The molecule has 0 saturated carbocycles. The molecular formula is C60H47N15O4. The number of aryl methyl sites for hydroxylation is 3. The SMILES string of the molecule is Cc1ccc(C(=O)Nc2cccc3cccnc23)cn1.Cc1cnc(C(=O)Nc2cccc3cccnc23)cn1.Cc1cnc(C(=O)Nc2cccc3ncccc23)cn1.O=C(Nc1cccc2cccnc12)c1cnccn1. The number of fused-ring (bicyclic) bond motifs is 4. The molecule has 0 aliphatic rings. The first-order valence-corrected chi connectivity index (χ1v) is 24.4. The highest BCUT2D eigenvalue weighted by atomic mass is 16.2. The molecule has 0 fully saturated rings. The Morgan fingerprint density at radius 1 is 0.316 bits per heavy atom. The zero-order valence-corrected chi connectivity index (χ0v) is 42.7. The first kappa shape index (κ1) is 52.6. The largest absolute Gasteiger partial charge is 0.320 e. The Hall–Kier alpha value is -11.2. The summed E-state index contributed by atoms with van der Waals surface area (Å²) in [6, 6.07) is 41.3. The molecule has 8 heterocycles. The van der Waals surface area contributed by atoms with Crippen LogP contribution in [0.4, 0.5) is 22.7 Å². The molecule has 4 aromatic carbocycles. The molecule has 0 spiro atoms. The number of anilines is 4. The number of para-hydroxylation sites is 3. The number of benzene rings is 4. The van der Waals surface area contributed by atoms with Gasteiger partial charge >= 0.3 is 0 Å². The molecule has 19 nitrogen and oxygen atoms in total. The summed E-state index contributed by atoms with van der Waals surface area (Å²) >= 11 is 0. The maximum absolute atomic E-state index is 12.2. The van der Waals surface area contributed by atoms with Crippen LogP contribution in [0, 0.1) is 20.8 Å². The molecule has 0 radical (unpaired) electrons. The van der Waals surface area contributed by atoms with Crippen LogP contribution in [-0.4, -0.2) is 78.5 Å². The van der Waals surface area contributed by atoms with Crippen LogP contribution in [-0.2, 0) is 0 Å². The van der Waals surface area contributed by atoms with E-state index in [0.29, 0.717) is 28.3 Å². The van der Waals surface area contributed by atoms with Gasteiger partial charge in [-0.2, -0.15) is 0 Å². The summed E-state index contributed by atoms with van der Waals surface area (Å²) in [5.74, 6) is -1.06. The quantitative estimate of drug-likeness (QED) is 0.110. The third-order valence-corrected chi connectivity index (χ3v) is 11.5. The number of pyridine rings is 5. The molecule has 386 valence electrons. The number of nitrogens with one attached hydrogen (secondary N) is 4. The van der Waals surface area contributed by atoms with E-state index in [2.05, 4.69) is 76.1 Å².